The Morgan fingerprint density at radius 2 is 1.92 bits per heavy atom. The van der Waals surface area contributed by atoms with Crippen LogP contribution in [0.2, 0.25) is 0 Å². The van der Waals surface area contributed by atoms with E-state index in [1.54, 1.807) is 39.3 Å². The van der Waals surface area contributed by atoms with Crippen LogP contribution in [0.4, 0.5) is 4.39 Å². The van der Waals surface area contributed by atoms with Crippen molar-refractivity contribution in [3.63, 3.8) is 0 Å². The highest BCUT2D eigenvalue weighted by Gasteiger charge is 2.41. The van der Waals surface area contributed by atoms with Gasteiger partial charge in [-0.2, -0.15) is 0 Å². The molecule has 5 heterocycles. The highest BCUT2D eigenvalue weighted by molar-refractivity contribution is 5.96. The van der Waals surface area contributed by atoms with Crippen LogP contribution in [0.1, 0.15) is 64.2 Å². The lowest BCUT2D eigenvalue weighted by Crippen LogP contribution is -2.62. The van der Waals surface area contributed by atoms with Gasteiger partial charge in [0.25, 0.3) is 5.91 Å². The number of hydrogen-bond acceptors (Lipinski definition) is 10. The predicted molar refractivity (Wildman–Crippen MR) is 233 cm³/mol. The molecular formula is C47H60FN7O7. The minimum Gasteiger partial charge on any atom is -0.508 e. The lowest BCUT2D eigenvalue weighted by molar-refractivity contribution is -0.155. The number of methoxy groups -OCH3 is 1. The van der Waals surface area contributed by atoms with E-state index in [4.69, 9.17) is 9.47 Å². The number of aryl methyl sites for hydroxylation is 1. The number of likely N-dealkylation sites (N-methyl/N-ethyl adjacent to an activating group) is 1. The number of aromatic hydroxyl groups is 1. The normalized spacial score (nSPS) is 22.3. The summed E-state index contributed by atoms with van der Waals surface area (Å²) in [4.78, 5) is 62.1. The van der Waals surface area contributed by atoms with E-state index in [1.807, 2.05) is 24.4 Å². The van der Waals surface area contributed by atoms with E-state index in [2.05, 4.69) is 58.5 Å². The van der Waals surface area contributed by atoms with E-state index in [1.165, 1.54) is 17.0 Å². The third-order valence-electron chi connectivity index (χ3n) is 12.4. The standard InChI is InChI=1S/C47H60FN7O7/c1-8-54-40-12-11-29-20-33(40)34(42(54)35-22-49-14-13-30(35)25-61-7)21-47(4,5)26-62-46(60)38-10-9-15-55(52-38)45(59)39(18-28-16-31(29)19-32(56)17-28)51-43(57)41(27(2)3)53(6)44(58)36-23-50-24-37(36)48/h11-14,16-17,19-20,22,27,36-39,41,50,52,56H,8-10,15,18,21,23-26H2,1-7H3,(H,51,57)/t36-,37+,38+,39+,41?/m1/s1. The number of esters is 1. The number of pyridine rings is 1. The molecule has 62 heavy (non-hydrogen) atoms. The highest BCUT2D eigenvalue weighted by atomic mass is 19.1. The Morgan fingerprint density at radius 1 is 1.13 bits per heavy atom. The van der Waals surface area contributed by atoms with Crippen molar-refractivity contribution in [2.24, 2.45) is 17.3 Å². The van der Waals surface area contributed by atoms with Gasteiger partial charge in [0.15, 0.2) is 0 Å². The van der Waals surface area contributed by atoms with Crippen LogP contribution < -0.4 is 16.1 Å². The number of hydrazine groups is 1. The maximum atomic E-state index is 14.7. The molecule has 2 aromatic carbocycles. The van der Waals surface area contributed by atoms with Crippen molar-refractivity contribution in [2.45, 2.75) is 97.8 Å². The molecule has 2 saturated heterocycles. The summed E-state index contributed by atoms with van der Waals surface area (Å²) in [5.41, 5.74) is 9.65. The van der Waals surface area contributed by atoms with Gasteiger partial charge in [-0.3, -0.25) is 29.2 Å². The number of ether oxygens (including phenoxy) is 2. The van der Waals surface area contributed by atoms with Gasteiger partial charge in [0.1, 0.15) is 30.0 Å². The van der Waals surface area contributed by atoms with Crippen LogP contribution in [-0.4, -0.2) is 113 Å². The van der Waals surface area contributed by atoms with Crippen molar-refractivity contribution in [3.05, 3.63) is 71.5 Å². The number of fused-ring (bicyclic) bond motifs is 6. The number of nitrogens with zero attached hydrogens (tertiary/aromatic N) is 4. The van der Waals surface area contributed by atoms with Crippen LogP contribution in [-0.2, 0) is 54.6 Å². The third kappa shape index (κ3) is 9.20. The van der Waals surface area contributed by atoms with Crippen LogP contribution in [0, 0.1) is 17.3 Å². The van der Waals surface area contributed by atoms with E-state index in [-0.39, 0.29) is 44.3 Å². The summed E-state index contributed by atoms with van der Waals surface area (Å²) in [6.45, 7) is 11.5. The van der Waals surface area contributed by atoms with Crippen LogP contribution in [0.15, 0.2) is 54.9 Å². The number of rotatable bonds is 9. The summed E-state index contributed by atoms with van der Waals surface area (Å²) >= 11 is 0. The molecule has 3 aliphatic rings. The van der Waals surface area contributed by atoms with Crippen molar-refractivity contribution in [1.82, 2.24) is 35.5 Å². The smallest absolute Gasteiger partial charge is 0.324 e. The zero-order chi connectivity index (χ0) is 44.5. The van der Waals surface area contributed by atoms with E-state index in [9.17, 15) is 28.7 Å². The zero-order valence-corrected chi connectivity index (χ0v) is 36.8. The molecular weight excluding hydrogens is 794 g/mol. The van der Waals surface area contributed by atoms with E-state index >= 15 is 0 Å². The summed E-state index contributed by atoms with van der Waals surface area (Å²) in [6, 6.07) is 10.3. The Kier molecular flexibility index (Phi) is 13.4. The molecule has 14 nitrogen and oxygen atoms in total. The van der Waals surface area contributed by atoms with Gasteiger partial charge < -0.3 is 34.7 Å². The summed E-state index contributed by atoms with van der Waals surface area (Å²) in [7, 11) is 3.16. The molecule has 2 fully saturated rings. The lowest BCUT2D eigenvalue weighted by Gasteiger charge is -2.37. The van der Waals surface area contributed by atoms with Gasteiger partial charge in [-0.15, -0.1) is 0 Å². The number of hydrogen-bond donors (Lipinski definition) is 4. The van der Waals surface area contributed by atoms with Gasteiger partial charge in [0.05, 0.1) is 24.8 Å². The monoisotopic (exact) mass is 853 g/mol. The Balaban J connectivity index is 1.33. The van der Waals surface area contributed by atoms with Crippen molar-refractivity contribution in [2.75, 3.05) is 40.4 Å². The molecule has 15 heteroatoms. The zero-order valence-electron chi connectivity index (χ0n) is 36.8. The van der Waals surface area contributed by atoms with E-state index in [0.29, 0.717) is 43.5 Å². The third-order valence-corrected chi connectivity index (χ3v) is 12.4. The van der Waals surface area contributed by atoms with Crippen LogP contribution in [0.5, 0.6) is 5.75 Å². The predicted octanol–water partition coefficient (Wildman–Crippen LogP) is 4.93. The van der Waals surface area contributed by atoms with Gasteiger partial charge in [0.2, 0.25) is 11.8 Å². The Hall–Kier alpha value is -5.38. The quantitative estimate of drug-likeness (QED) is 0.170. The number of halogens is 1. The van der Waals surface area contributed by atoms with E-state index in [0.717, 1.165) is 38.9 Å². The molecule has 0 aliphatic carbocycles. The second-order valence-corrected chi connectivity index (χ2v) is 18.1. The summed E-state index contributed by atoms with van der Waals surface area (Å²) in [5.74, 6) is -3.40. The molecule has 332 valence electrons. The fourth-order valence-electron chi connectivity index (χ4n) is 9.40. The fourth-order valence-corrected chi connectivity index (χ4v) is 9.40. The maximum Gasteiger partial charge on any atom is 0.324 e. The average molecular weight is 854 g/mol. The number of carbonyl (C=O) groups is 4. The largest absolute Gasteiger partial charge is 0.508 e. The highest BCUT2D eigenvalue weighted by Crippen LogP contribution is 2.41. The van der Waals surface area contributed by atoms with Gasteiger partial charge in [0, 0.05) is 81.0 Å². The van der Waals surface area contributed by atoms with Crippen LogP contribution in [0.3, 0.4) is 0 Å². The SMILES string of the molecule is CCn1c(-c2cnccc2COC)c2c3cc(ccc31)-c1cc(O)cc(c1)C[C@H](NC(=O)C(C(C)C)N(C)C(=O)[C@@H]1CNC[C@@H]1F)C(=O)N1CCC[C@H](N1)C(=O)OCC(C)(C)C2. The van der Waals surface area contributed by atoms with Gasteiger partial charge in [-0.05, 0) is 90.3 Å². The first-order chi connectivity index (χ1) is 29.6. The number of nitrogens with one attached hydrogen (secondary N) is 3. The number of amides is 3. The van der Waals surface area contributed by atoms with E-state index < -0.39 is 59.3 Å². The van der Waals surface area contributed by atoms with Crippen molar-refractivity contribution in [1.29, 1.82) is 0 Å². The first kappa shape index (κ1) is 44.7. The minimum absolute atomic E-state index is 0.0208. The van der Waals surface area contributed by atoms with Crippen LogP contribution in [0.25, 0.3) is 33.3 Å². The summed E-state index contributed by atoms with van der Waals surface area (Å²) < 4.78 is 28.7. The average Bonchev–Trinajstić information content (AvgIpc) is 3.81. The first-order valence-corrected chi connectivity index (χ1v) is 21.7. The van der Waals surface area contributed by atoms with Gasteiger partial charge >= 0.3 is 5.97 Å². The molecule has 1 unspecified atom stereocenters. The van der Waals surface area contributed by atoms with Crippen molar-refractivity contribution < 1.29 is 38.1 Å². The number of phenols is 1. The topological polar surface area (TPSA) is 167 Å². The molecule has 4 N–H and O–H groups in total. The number of phenolic OH excluding ortho intramolecular Hbond substituents is 1. The molecule has 7 rings (SSSR count). The molecule has 0 saturated carbocycles. The maximum absolute atomic E-state index is 14.7. The molecule has 0 radical (unpaired) electrons. The molecule has 5 atom stereocenters. The second-order valence-electron chi connectivity index (χ2n) is 18.1. The molecule has 3 aliphatic heterocycles. The minimum atomic E-state index is -1.38. The molecule has 4 aromatic rings. The van der Waals surface area contributed by atoms with Gasteiger partial charge in [-0.1, -0.05) is 39.8 Å². The fraction of sp³-hybridized carbons (Fsp3) is 0.511. The Labute approximate surface area is 362 Å². The summed E-state index contributed by atoms with van der Waals surface area (Å²) in [6.07, 6.45) is 3.70. The first-order valence-electron chi connectivity index (χ1n) is 21.7. The Morgan fingerprint density at radius 3 is 2.63 bits per heavy atom. The lowest BCUT2D eigenvalue weighted by atomic mass is 9.84. The number of cyclic esters (lactones) is 1. The summed E-state index contributed by atoms with van der Waals surface area (Å²) in [5, 5.41) is 19.4. The molecule has 0 spiro atoms. The number of benzene rings is 2. The van der Waals surface area contributed by atoms with Crippen molar-refractivity contribution >= 4 is 34.6 Å². The molecule has 2 aromatic heterocycles. The molecule has 6 bridgehead atoms. The molecule has 3 amide bonds. The van der Waals surface area contributed by atoms with Crippen LogP contribution >= 0.6 is 0 Å². The van der Waals surface area contributed by atoms with Crippen molar-refractivity contribution in [3.8, 4) is 28.1 Å². The number of alkyl halides is 1. The Bertz CT molecular complexity index is 2330. The second kappa shape index (κ2) is 18.5. The number of aromatic nitrogens is 2. The van der Waals surface area contributed by atoms with Gasteiger partial charge in [-0.25, -0.2) is 9.82 Å². The number of carbonyl (C=O) groups excluding carboxylic acids is 4.